The van der Waals surface area contributed by atoms with Crippen LogP contribution in [0.2, 0.25) is 0 Å². The molecule has 0 aliphatic heterocycles. The molecule has 1 aromatic rings. The van der Waals surface area contributed by atoms with E-state index >= 15 is 0 Å². The highest BCUT2D eigenvalue weighted by Gasteiger charge is 1.92. The van der Waals surface area contributed by atoms with Crippen molar-refractivity contribution in [3.63, 3.8) is 0 Å². The summed E-state index contributed by atoms with van der Waals surface area (Å²) in [5.74, 6) is 0. The molecule has 0 unspecified atom stereocenters. The van der Waals surface area contributed by atoms with Crippen molar-refractivity contribution in [3.8, 4) is 0 Å². The third kappa shape index (κ3) is 2.87. The van der Waals surface area contributed by atoms with Gasteiger partial charge in [-0.1, -0.05) is 19.1 Å². The minimum Gasteiger partial charge on any atom is -0.389 e. The van der Waals surface area contributed by atoms with Crippen molar-refractivity contribution in [1.29, 1.82) is 0 Å². The van der Waals surface area contributed by atoms with E-state index in [9.17, 15) is 5.11 Å². The normalized spacial score (nSPS) is 14.0. The monoisotopic (exact) mass is 168 g/mol. The fourth-order valence-electron chi connectivity index (χ4n) is 0.728. The Morgan fingerprint density at radius 2 is 2.55 bits per heavy atom. The van der Waals surface area contributed by atoms with Gasteiger partial charge >= 0.3 is 0 Å². The molecule has 1 nitrogen and oxygen atoms in total. The predicted molar refractivity (Wildman–Crippen MR) is 49.7 cm³/mol. The lowest BCUT2D eigenvalue weighted by Crippen LogP contribution is -1.97. The zero-order valence-electron chi connectivity index (χ0n) is 6.53. The first-order chi connectivity index (χ1) is 5.33. The fraction of sp³-hybridized carbons (Fsp3) is 0.333. The van der Waals surface area contributed by atoms with E-state index in [0.29, 0.717) is 0 Å². The average molecular weight is 168 g/mol. The van der Waals surface area contributed by atoms with E-state index in [-0.39, 0.29) is 6.10 Å². The molecule has 0 radical (unpaired) electrons. The van der Waals surface area contributed by atoms with Crippen molar-refractivity contribution in [1.82, 2.24) is 0 Å². The van der Waals surface area contributed by atoms with Crippen molar-refractivity contribution in [2.75, 3.05) is 0 Å². The number of hydrogen-bond donors (Lipinski definition) is 1. The topological polar surface area (TPSA) is 20.2 Å². The molecule has 1 rings (SSSR count). The first-order valence-electron chi connectivity index (χ1n) is 3.71. The molecule has 1 atom stereocenters. The Hall–Kier alpha value is -0.600. The van der Waals surface area contributed by atoms with Gasteiger partial charge in [0.2, 0.25) is 0 Å². The molecular formula is C9H12OS. The van der Waals surface area contributed by atoms with Gasteiger partial charge in [0, 0.05) is 0 Å². The maximum absolute atomic E-state index is 9.17. The molecule has 0 saturated heterocycles. The molecule has 0 bridgehead atoms. The molecule has 0 aliphatic carbocycles. The molecule has 2 heteroatoms. The molecule has 0 amide bonds. The van der Waals surface area contributed by atoms with Crippen molar-refractivity contribution in [2.45, 2.75) is 19.4 Å². The molecule has 0 aliphatic rings. The van der Waals surface area contributed by atoms with Crippen LogP contribution in [0.4, 0.5) is 0 Å². The summed E-state index contributed by atoms with van der Waals surface area (Å²) in [5, 5.41) is 13.3. The molecule has 0 spiro atoms. The van der Waals surface area contributed by atoms with Gasteiger partial charge in [0.05, 0.1) is 6.10 Å². The lowest BCUT2D eigenvalue weighted by molar-refractivity contribution is 0.220. The van der Waals surface area contributed by atoms with Crippen LogP contribution in [0.1, 0.15) is 18.9 Å². The number of thiophene rings is 1. The van der Waals surface area contributed by atoms with Crippen molar-refractivity contribution >= 4 is 17.4 Å². The van der Waals surface area contributed by atoms with Gasteiger partial charge in [-0.05, 0) is 28.8 Å². The second-order valence-electron chi connectivity index (χ2n) is 2.39. The first kappa shape index (κ1) is 8.50. The van der Waals surface area contributed by atoms with Gasteiger partial charge in [0.25, 0.3) is 0 Å². The van der Waals surface area contributed by atoms with Crippen LogP contribution in [-0.4, -0.2) is 11.2 Å². The largest absolute Gasteiger partial charge is 0.389 e. The van der Waals surface area contributed by atoms with E-state index in [1.54, 1.807) is 11.3 Å². The summed E-state index contributed by atoms with van der Waals surface area (Å²) in [6.07, 6.45) is 4.25. The Morgan fingerprint density at radius 3 is 3.09 bits per heavy atom. The van der Waals surface area contributed by atoms with Crippen molar-refractivity contribution in [2.24, 2.45) is 0 Å². The number of rotatable bonds is 3. The molecule has 11 heavy (non-hydrogen) atoms. The van der Waals surface area contributed by atoms with Crippen LogP contribution in [-0.2, 0) is 0 Å². The Balaban J connectivity index is 2.48. The summed E-state index contributed by atoms with van der Waals surface area (Å²) in [4.78, 5) is 0. The SMILES string of the molecule is CC[C@@H](O)/C=C/c1ccsc1. The van der Waals surface area contributed by atoms with Crippen LogP contribution in [0.25, 0.3) is 6.08 Å². The van der Waals surface area contributed by atoms with Crippen molar-refractivity contribution < 1.29 is 5.11 Å². The number of aliphatic hydroxyl groups excluding tert-OH is 1. The molecule has 1 heterocycles. The Bertz CT molecular complexity index is 213. The molecule has 0 aromatic carbocycles. The van der Waals surface area contributed by atoms with Crippen LogP contribution in [0.3, 0.4) is 0 Å². The maximum atomic E-state index is 9.17. The zero-order chi connectivity index (χ0) is 8.10. The van der Waals surface area contributed by atoms with E-state index in [1.807, 2.05) is 30.5 Å². The molecule has 1 aromatic heterocycles. The predicted octanol–water partition coefficient (Wildman–Crippen LogP) is 2.53. The second-order valence-corrected chi connectivity index (χ2v) is 3.17. The minimum atomic E-state index is -0.296. The Morgan fingerprint density at radius 1 is 1.73 bits per heavy atom. The summed E-state index contributed by atoms with van der Waals surface area (Å²) in [7, 11) is 0. The quantitative estimate of drug-likeness (QED) is 0.735. The highest BCUT2D eigenvalue weighted by atomic mass is 32.1. The number of hydrogen-bond acceptors (Lipinski definition) is 2. The summed E-state index contributed by atoms with van der Waals surface area (Å²) >= 11 is 1.67. The number of aliphatic hydroxyl groups is 1. The Labute approximate surface area is 71.0 Å². The third-order valence-electron chi connectivity index (χ3n) is 1.47. The minimum absolute atomic E-state index is 0.296. The molecule has 60 valence electrons. The molecular weight excluding hydrogens is 156 g/mol. The van der Waals surface area contributed by atoms with Crippen LogP contribution >= 0.6 is 11.3 Å². The van der Waals surface area contributed by atoms with E-state index in [4.69, 9.17) is 0 Å². The van der Waals surface area contributed by atoms with Crippen LogP contribution < -0.4 is 0 Å². The van der Waals surface area contributed by atoms with E-state index in [0.717, 1.165) is 6.42 Å². The molecule has 0 saturated carbocycles. The van der Waals surface area contributed by atoms with Gasteiger partial charge in [-0.2, -0.15) is 11.3 Å². The fourth-order valence-corrected chi connectivity index (χ4v) is 1.36. The highest BCUT2D eigenvalue weighted by Crippen LogP contribution is 2.08. The summed E-state index contributed by atoms with van der Waals surface area (Å²) in [5.41, 5.74) is 1.17. The van der Waals surface area contributed by atoms with E-state index in [2.05, 4.69) is 5.38 Å². The van der Waals surface area contributed by atoms with Crippen LogP contribution in [0.15, 0.2) is 22.9 Å². The first-order valence-corrected chi connectivity index (χ1v) is 4.65. The summed E-state index contributed by atoms with van der Waals surface area (Å²) in [6.45, 7) is 1.96. The lowest BCUT2D eigenvalue weighted by atomic mass is 10.2. The van der Waals surface area contributed by atoms with Gasteiger partial charge in [-0.25, -0.2) is 0 Å². The highest BCUT2D eigenvalue weighted by molar-refractivity contribution is 7.08. The van der Waals surface area contributed by atoms with Gasteiger partial charge in [0.15, 0.2) is 0 Å². The summed E-state index contributed by atoms with van der Waals surface area (Å²) < 4.78 is 0. The second kappa shape index (κ2) is 4.31. The van der Waals surface area contributed by atoms with Gasteiger partial charge in [-0.15, -0.1) is 0 Å². The van der Waals surface area contributed by atoms with E-state index in [1.165, 1.54) is 5.56 Å². The van der Waals surface area contributed by atoms with Crippen LogP contribution in [0, 0.1) is 0 Å². The van der Waals surface area contributed by atoms with Gasteiger partial charge in [-0.3, -0.25) is 0 Å². The lowest BCUT2D eigenvalue weighted by Gasteiger charge is -1.96. The van der Waals surface area contributed by atoms with Gasteiger partial charge < -0.3 is 5.11 Å². The average Bonchev–Trinajstić information content (AvgIpc) is 2.52. The Kier molecular flexibility index (Phi) is 3.33. The van der Waals surface area contributed by atoms with Crippen molar-refractivity contribution in [3.05, 3.63) is 28.5 Å². The molecule has 1 N–H and O–H groups in total. The standard InChI is InChI=1S/C9H12OS/c1-2-9(10)4-3-8-5-6-11-7-8/h3-7,9-10H,2H2,1H3/b4-3+/t9-/m1/s1. The maximum Gasteiger partial charge on any atom is 0.0721 e. The van der Waals surface area contributed by atoms with Gasteiger partial charge in [0.1, 0.15) is 0 Å². The summed E-state index contributed by atoms with van der Waals surface area (Å²) in [6, 6.07) is 2.03. The zero-order valence-corrected chi connectivity index (χ0v) is 7.34. The van der Waals surface area contributed by atoms with Crippen LogP contribution in [0.5, 0.6) is 0 Å². The molecule has 0 fully saturated rings. The van der Waals surface area contributed by atoms with E-state index < -0.39 is 0 Å². The smallest absolute Gasteiger partial charge is 0.0721 e. The third-order valence-corrected chi connectivity index (χ3v) is 2.17.